The lowest BCUT2D eigenvalue weighted by Gasteiger charge is -2.17. The maximum absolute atomic E-state index is 5.39. The zero-order chi connectivity index (χ0) is 36.0. The summed E-state index contributed by atoms with van der Waals surface area (Å²) in [4.78, 5) is 5.39. The Balaban J connectivity index is 1.16. The lowest BCUT2D eigenvalue weighted by molar-refractivity contribution is 1.18. The normalized spacial score (nSPS) is 12.0. The first kappa shape index (κ1) is 30.2. The predicted octanol–water partition coefficient (Wildman–Crippen LogP) is 14.4. The lowest BCUT2D eigenvalue weighted by Crippen LogP contribution is -1.96. The molecule has 55 heavy (non-hydrogen) atoms. The van der Waals surface area contributed by atoms with Gasteiger partial charge < -0.3 is 4.57 Å². The first-order valence-electron chi connectivity index (χ1n) is 19.0. The molecule has 2 nitrogen and oxygen atoms in total. The van der Waals surface area contributed by atoms with Gasteiger partial charge in [-0.3, -0.25) is 0 Å². The second-order valence-electron chi connectivity index (χ2n) is 14.8. The molecule has 0 radical (unpaired) electrons. The molecule has 0 unspecified atom stereocenters. The molecule has 0 aliphatic rings. The van der Waals surface area contributed by atoms with E-state index in [2.05, 4.69) is 199 Å². The second-order valence-corrected chi connectivity index (χ2v) is 14.8. The number of pyridine rings is 1. The predicted molar refractivity (Wildman–Crippen MR) is 234 cm³/mol. The molecule has 0 saturated carbocycles. The first-order valence-corrected chi connectivity index (χ1v) is 19.0. The molecule has 0 amide bonds. The molecule has 0 saturated heterocycles. The van der Waals surface area contributed by atoms with Gasteiger partial charge in [-0.1, -0.05) is 140 Å². The molecule has 0 aliphatic heterocycles. The molecule has 12 rings (SSSR count). The maximum atomic E-state index is 5.39. The van der Waals surface area contributed by atoms with Crippen molar-refractivity contribution in [3.8, 4) is 28.1 Å². The topological polar surface area (TPSA) is 17.8 Å². The van der Waals surface area contributed by atoms with Gasteiger partial charge in [0.25, 0.3) is 0 Å². The van der Waals surface area contributed by atoms with Gasteiger partial charge in [0.2, 0.25) is 0 Å². The third kappa shape index (κ3) is 4.58. The number of benzene rings is 10. The Kier molecular flexibility index (Phi) is 6.37. The van der Waals surface area contributed by atoms with Gasteiger partial charge in [0, 0.05) is 38.2 Å². The van der Waals surface area contributed by atoms with Crippen LogP contribution in [0.3, 0.4) is 0 Å². The van der Waals surface area contributed by atoms with Gasteiger partial charge >= 0.3 is 0 Å². The highest BCUT2D eigenvalue weighted by Gasteiger charge is 2.19. The van der Waals surface area contributed by atoms with E-state index in [4.69, 9.17) is 4.98 Å². The monoisotopic (exact) mass is 696 g/mol. The van der Waals surface area contributed by atoms with Crippen LogP contribution >= 0.6 is 0 Å². The summed E-state index contributed by atoms with van der Waals surface area (Å²) in [5.74, 6) is 0. The summed E-state index contributed by atoms with van der Waals surface area (Å²) in [5.41, 5.74) is 9.05. The Labute approximate surface area is 317 Å². The standard InChI is InChI=1S/C53H32N2/c1-2-13-34-26-40(25-24-33(34)12-1)53-48-32-45(42-20-7-8-21-43(42)52(48)44-22-9-10-23-49(44)54-53)39-18-11-19-41(27-39)55-50-30-37-16-5-3-14-35(37)28-46(50)47-29-36-15-4-6-17-38(36)31-51(47)55/h1-32H. The van der Waals surface area contributed by atoms with E-state index < -0.39 is 0 Å². The number of hydrogen-bond donors (Lipinski definition) is 0. The van der Waals surface area contributed by atoms with Crippen molar-refractivity contribution < 1.29 is 0 Å². The van der Waals surface area contributed by atoms with Gasteiger partial charge in [0.1, 0.15) is 0 Å². The number of aromatic nitrogens is 2. The molecular formula is C53H32N2. The van der Waals surface area contributed by atoms with E-state index in [0.717, 1.165) is 27.8 Å². The van der Waals surface area contributed by atoms with Crippen LogP contribution in [-0.2, 0) is 0 Å². The molecule has 2 heterocycles. The minimum atomic E-state index is 1.00. The first-order chi connectivity index (χ1) is 27.2. The molecule has 2 heteroatoms. The number of nitrogens with zero attached hydrogens (tertiary/aromatic N) is 2. The van der Waals surface area contributed by atoms with E-state index >= 15 is 0 Å². The second kappa shape index (κ2) is 11.6. The van der Waals surface area contributed by atoms with Crippen molar-refractivity contribution in [3.05, 3.63) is 194 Å². The summed E-state index contributed by atoms with van der Waals surface area (Å²) in [7, 11) is 0. The number of hydrogen-bond acceptors (Lipinski definition) is 1. The van der Waals surface area contributed by atoms with E-state index in [0.29, 0.717) is 0 Å². The summed E-state index contributed by atoms with van der Waals surface area (Å²) >= 11 is 0. The maximum Gasteiger partial charge on any atom is 0.0788 e. The lowest BCUT2D eigenvalue weighted by atomic mass is 9.89. The number of rotatable bonds is 3. The summed E-state index contributed by atoms with van der Waals surface area (Å²) in [6, 6.07) is 71.1. The molecule has 0 aliphatic carbocycles. The Hall–Kier alpha value is -7.29. The van der Waals surface area contributed by atoms with E-state index in [9.17, 15) is 0 Å². The molecule has 12 aromatic rings. The van der Waals surface area contributed by atoms with Crippen molar-refractivity contribution in [3.63, 3.8) is 0 Å². The SMILES string of the molecule is c1cc(-c2cc3c(-c4ccc5ccccc5c4)nc4ccccc4c3c3ccccc23)cc(-n2c3cc4ccccc4cc3c3cc4ccccc4cc32)c1. The highest BCUT2D eigenvalue weighted by atomic mass is 15.0. The Morgan fingerprint density at radius 1 is 0.327 bits per heavy atom. The van der Waals surface area contributed by atoms with E-state index in [-0.39, 0.29) is 0 Å². The quantitative estimate of drug-likeness (QED) is 0.168. The fourth-order valence-corrected chi connectivity index (χ4v) is 9.09. The zero-order valence-electron chi connectivity index (χ0n) is 29.9. The third-order valence-electron chi connectivity index (χ3n) is 11.6. The van der Waals surface area contributed by atoms with Crippen LogP contribution in [0.2, 0.25) is 0 Å². The van der Waals surface area contributed by atoms with Crippen LogP contribution in [-0.4, -0.2) is 9.55 Å². The van der Waals surface area contributed by atoms with E-state index in [1.165, 1.54) is 86.8 Å². The van der Waals surface area contributed by atoms with Crippen LogP contribution in [0, 0.1) is 0 Å². The minimum Gasteiger partial charge on any atom is -0.309 e. The zero-order valence-corrected chi connectivity index (χ0v) is 29.9. The van der Waals surface area contributed by atoms with Gasteiger partial charge in [0.05, 0.1) is 22.2 Å². The number of fused-ring (bicyclic) bond motifs is 11. The van der Waals surface area contributed by atoms with Crippen LogP contribution in [0.5, 0.6) is 0 Å². The molecule has 0 N–H and O–H groups in total. The van der Waals surface area contributed by atoms with Crippen LogP contribution in [0.1, 0.15) is 0 Å². The largest absolute Gasteiger partial charge is 0.309 e. The van der Waals surface area contributed by atoms with E-state index in [1.54, 1.807) is 0 Å². The Morgan fingerprint density at radius 3 is 1.58 bits per heavy atom. The minimum absolute atomic E-state index is 1.00. The van der Waals surface area contributed by atoms with Crippen LogP contribution in [0.25, 0.3) is 115 Å². The van der Waals surface area contributed by atoms with Gasteiger partial charge in [-0.25, -0.2) is 4.98 Å². The summed E-state index contributed by atoms with van der Waals surface area (Å²) < 4.78 is 2.46. The number of para-hydroxylation sites is 1. The van der Waals surface area contributed by atoms with Crippen LogP contribution in [0.15, 0.2) is 194 Å². The van der Waals surface area contributed by atoms with Gasteiger partial charge in [0.15, 0.2) is 0 Å². The molecular weight excluding hydrogens is 665 g/mol. The average Bonchev–Trinajstić information content (AvgIpc) is 3.55. The van der Waals surface area contributed by atoms with Crippen LogP contribution < -0.4 is 0 Å². The van der Waals surface area contributed by atoms with Gasteiger partial charge in [-0.2, -0.15) is 0 Å². The highest BCUT2D eigenvalue weighted by molar-refractivity contribution is 6.25. The third-order valence-corrected chi connectivity index (χ3v) is 11.6. The molecule has 0 fully saturated rings. The molecule has 10 aromatic carbocycles. The van der Waals surface area contributed by atoms with Crippen molar-refractivity contribution in [1.82, 2.24) is 9.55 Å². The summed E-state index contributed by atoms with van der Waals surface area (Å²) in [6.07, 6.45) is 0. The van der Waals surface area contributed by atoms with Crippen molar-refractivity contribution in [2.45, 2.75) is 0 Å². The Bertz CT molecular complexity index is 3460. The highest BCUT2D eigenvalue weighted by Crippen LogP contribution is 2.43. The van der Waals surface area contributed by atoms with Crippen molar-refractivity contribution >= 4 is 86.6 Å². The fraction of sp³-hybridized carbons (Fsp3) is 0. The van der Waals surface area contributed by atoms with E-state index in [1.807, 2.05) is 0 Å². The molecule has 2 aromatic heterocycles. The smallest absolute Gasteiger partial charge is 0.0788 e. The van der Waals surface area contributed by atoms with Gasteiger partial charge in [-0.05, 0) is 109 Å². The Morgan fingerprint density at radius 2 is 0.891 bits per heavy atom. The molecule has 0 atom stereocenters. The van der Waals surface area contributed by atoms with Crippen molar-refractivity contribution in [1.29, 1.82) is 0 Å². The molecule has 254 valence electrons. The fourth-order valence-electron chi connectivity index (χ4n) is 9.09. The van der Waals surface area contributed by atoms with Gasteiger partial charge in [-0.15, -0.1) is 0 Å². The molecule has 0 spiro atoms. The van der Waals surface area contributed by atoms with Crippen molar-refractivity contribution in [2.75, 3.05) is 0 Å². The molecule has 0 bridgehead atoms. The average molecular weight is 697 g/mol. The summed E-state index contributed by atoms with van der Waals surface area (Å²) in [6.45, 7) is 0. The summed E-state index contributed by atoms with van der Waals surface area (Å²) in [5, 5.41) is 16.0. The van der Waals surface area contributed by atoms with Crippen molar-refractivity contribution in [2.24, 2.45) is 0 Å². The van der Waals surface area contributed by atoms with Crippen LogP contribution in [0.4, 0.5) is 0 Å².